The third kappa shape index (κ3) is 2.59. The molecule has 1 heterocycles. The van der Waals surface area contributed by atoms with Gasteiger partial charge in [-0.3, -0.25) is 4.79 Å². The monoisotopic (exact) mass is 245 g/mol. The smallest absolute Gasteiger partial charge is 0.417 e. The van der Waals surface area contributed by atoms with Gasteiger partial charge >= 0.3 is 6.09 Å². The summed E-state index contributed by atoms with van der Waals surface area (Å²) < 4.78 is 5.22. The molecule has 1 saturated heterocycles. The molecule has 1 aliphatic heterocycles. The molecule has 2 amide bonds. The second-order valence-electron chi connectivity index (χ2n) is 4.05. The molecular formula is C14H15NO3. The van der Waals surface area contributed by atoms with E-state index in [9.17, 15) is 9.59 Å². The van der Waals surface area contributed by atoms with E-state index in [-0.39, 0.29) is 18.6 Å². The Morgan fingerprint density at radius 1 is 1.50 bits per heavy atom. The normalized spacial score (nSPS) is 23.2. The van der Waals surface area contributed by atoms with E-state index in [0.29, 0.717) is 0 Å². The van der Waals surface area contributed by atoms with Gasteiger partial charge in [0.2, 0.25) is 0 Å². The lowest BCUT2D eigenvalue weighted by molar-refractivity contribution is -0.122. The van der Waals surface area contributed by atoms with Crippen molar-refractivity contribution in [1.29, 1.82) is 0 Å². The Kier molecular flexibility index (Phi) is 3.77. The Morgan fingerprint density at radius 3 is 3.11 bits per heavy atom. The number of ether oxygens (including phenoxy) is 1. The molecule has 0 bridgehead atoms. The van der Waals surface area contributed by atoms with E-state index in [4.69, 9.17) is 4.74 Å². The maximum Gasteiger partial charge on any atom is 0.417 e. The van der Waals surface area contributed by atoms with Crippen LogP contribution in [0.5, 0.6) is 0 Å². The third-order valence-corrected chi connectivity index (χ3v) is 2.78. The van der Waals surface area contributed by atoms with Gasteiger partial charge in [0.05, 0.1) is 6.54 Å². The number of amides is 2. The first-order chi connectivity index (χ1) is 8.72. The summed E-state index contributed by atoms with van der Waals surface area (Å²) in [6.07, 6.45) is 12.6. The number of cyclic esters (lactones) is 1. The first-order valence-corrected chi connectivity index (χ1v) is 5.90. The maximum atomic E-state index is 11.6. The highest BCUT2D eigenvalue weighted by molar-refractivity contribution is 5.99. The van der Waals surface area contributed by atoms with Gasteiger partial charge in [-0.15, -0.1) is 0 Å². The standard InChI is InChI=1S/C14H15NO3/c1-2-7-13(16)15-10-12(18-14(15)17)11-8-5-3-4-6-9-11/h2-5,7-9,12H,6,10H2,1H3/b7-2+/t12-/m1/s1. The van der Waals surface area contributed by atoms with Crippen LogP contribution in [0.3, 0.4) is 0 Å². The summed E-state index contributed by atoms with van der Waals surface area (Å²) >= 11 is 0. The van der Waals surface area contributed by atoms with Crippen molar-refractivity contribution in [2.24, 2.45) is 0 Å². The lowest BCUT2D eigenvalue weighted by Gasteiger charge is -2.09. The van der Waals surface area contributed by atoms with Crippen molar-refractivity contribution >= 4 is 12.0 Å². The predicted molar refractivity (Wildman–Crippen MR) is 67.8 cm³/mol. The van der Waals surface area contributed by atoms with Gasteiger partial charge in [-0.2, -0.15) is 0 Å². The molecule has 4 nitrogen and oxygen atoms in total. The van der Waals surface area contributed by atoms with E-state index < -0.39 is 6.09 Å². The Morgan fingerprint density at radius 2 is 2.33 bits per heavy atom. The van der Waals surface area contributed by atoms with Gasteiger partial charge < -0.3 is 4.74 Å². The number of rotatable bonds is 2. The molecule has 18 heavy (non-hydrogen) atoms. The van der Waals surface area contributed by atoms with Gasteiger partial charge in [0.15, 0.2) is 0 Å². The highest BCUT2D eigenvalue weighted by atomic mass is 16.6. The minimum atomic E-state index is -0.574. The molecule has 2 rings (SSSR count). The fourth-order valence-electron chi connectivity index (χ4n) is 1.88. The summed E-state index contributed by atoms with van der Waals surface area (Å²) in [6.45, 7) is 2.01. The topological polar surface area (TPSA) is 46.6 Å². The van der Waals surface area contributed by atoms with Crippen molar-refractivity contribution in [3.63, 3.8) is 0 Å². The number of hydrogen-bond acceptors (Lipinski definition) is 3. The molecule has 1 atom stereocenters. The summed E-state index contributed by atoms with van der Waals surface area (Å²) in [4.78, 5) is 24.4. The van der Waals surface area contributed by atoms with Gasteiger partial charge in [-0.1, -0.05) is 36.5 Å². The average molecular weight is 245 g/mol. The molecular weight excluding hydrogens is 230 g/mol. The molecule has 2 aliphatic rings. The number of nitrogens with zero attached hydrogens (tertiary/aromatic N) is 1. The first kappa shape index (κ1) is 12.4. The van der Waals surface area contributed by atoms with E-state index in [0.717, 1.165) is 16.9 Å². The van der Waals surface area contributed by atoms with Crippen molar-refractivity contribution in [2.75, 3.05) is 6.54 Å². The Balaban J connectivity index is 2.09. The molecule has 0 aromatic rings. The summed E-state index contributed by atoms with van der Waals surface area (Å²) in [7, 11) is 0. The van der Waals surface area contributed by atoms with Gasteiger partial charge in [0, 0.05) is 0 Å². The van der Waals surface area contributed by atoms with E-state index >= 15 is 0 Å². The van der Waals surface area contributed by atoms with E-state index in [1.807, 2.05) is 30.4 Å². The van der Waals surface area contributed by atoms with Crippen LogP contribution in [0.15, 0.2) is 48.1 Å². The van der Waals surface area contributed by atoms with Crippen LogP contribution in [0.25, 0.3) is 0 Å². The highest BCUT2D eigenvalue weighted by Gasteiger charge is 2.35. The van der Waals surface area contributed by atoms with E-state index in [2.05, 4.69) is 0 Å². The minimum absolute atomic E-state index is 0.276. The molecule has 94 valence electrons. The molecule has 1 aliphatic carbocycles. The van der Waals surface area contributed by atoms with Crippen molar-refractivity contribution in [3.8, 4) is 0 Å². The molecule has 0 aromatic carbocycles. The molecule has 0 spiro atoms. The summed E-state index contributed by atoms with van der Waals surface area (Å²) in [5.74, 6) is -0.332. The largest absolute Gasteiger partial charge is 0.439 e. The molecule has 0 radical (unpaired) electrons. The summed E-state index contributed by atoms with van der Waals surface area (Å²) in [5, 5.41) is 0. The van der Waals surface area contributed by atoms with Gasteiger partial charge in [-0.25, -0.2) is 9.69 Å². The molecule has 0 saturated carbocycles. The molecule has 4 heteroatoms. The number of imide groups is 1. The van der Waals surface area contributed by atoms with Crippen LogP contribution in [0.2, 0.25) is 0 Å². The number of allylic oxidation sites excluding steroid dienone is 5. The quantitative estimate of drug-likeness (QED) is 0.701. The van der Waals surface area contributed by atoms with E-state index in [1.165, 1.54) is 6.08 Å². The lowest BCUT2D eigenvalue weighted by atomic mass is 10.1. The minimum Gasteiger partial charge on any atom is -0.439 e. The second kappa shape index (κ2) is 5.49. The van der Waals surface area contributed by atoms with Crippen LogP contribution in [-0.2, 0) is 9.53 Å². The molecule has 0 unspecified atom stereocenters. The van der Waals surface area contributed by atoms with Crippen molar-refractivity contribution in [2.45, 2.75) is 19.4 Å². The SMILES string of the molecule is C/C=C/C(=O)N1C[C@H](C2=CCC=CC=C2)OC1=O. The van der Waals surface area contributed by atoms with Crippen LogP contribution in [0.1, 0.15) is 13.3 Å². The second-order valence-corrected chi connectivity index (χ2v) is 4.05. The molecule has 1 fully saturated rings. The number of carbonyl (C=O) groups excluding carboxylic acids is 2. The van der Waals surface area contributed by atoms with Crippen LogP contribution in [0.4, 0.5) is 4.79 Å². The highest BCUT2D eigenvalue weighted by Crippen LogP contribution is 2.21. The van der Waals surface area contributed by atoms with Gasteiger partial charge in [0.1, 0.15) is 6.10 Å². The average Bonchev–Trinajstić information content (AvgIpc) is 2.58. The predicted octanol–water partition coefficient (Wildman–Crippen LogP) is 2.35. The first-order valence-electron chi connectivity index (χ1n) is 5.90. The fraction of sp³-hybridized carbons (Fsp3) is 0.286. The maximum absolute atomic E-state index is 11.6. The zero-order valence-corrected chi connectivity index (χ0v) is 10.2. The van der Waals surface area contributed by atoms with E-state index in [1.54, 1.807) is 13.0 Å². The number of carbonyl (C=O) groups is 2. The Hall–Kier alpha value is -2.10. The fourth-order valence-corrected chi connectivity index (χ4v) is 1.88. The zero-order chi connectivity index (χ0) is 13.0. The van der Waals surface area contributed by atoms with Crippen LogP contribution in [0, 0.1) is 0 Å². The van der Waals surface area contributed by atoms with Gasteiger partial charge in [0.25, 0.3) is 5.91 Å². The van der Waals surface area contributed by atoms with Crippen LogP contribution in [-0.4, -0.2) is 29.5 Å². The Labute approximate surface area is 106 Å². The summed E-state index contributed by atoms with van der Waals surface area (Å²) in [5.41, 5.74) is 0.934. The van der Waals surface area contributed by atoms with Crippen molar-refractivity contribution in [1.82, 2.24) is 4.90 Å². The summed E-state index contributed by atoms with van der Waals surface area (Å²) in [6, 6.07) is 0. The van der Waals surface area contributed by atoms with Crippen LogP contribution >= 0.6 is 0 Å². The molecule has 0 N–H and O–H groups in total. The van der Waals surface area contributed by atoms with Crippen molar-refractivity contribution < 1.29 is 14.3 Å². The molecule has 0 aromatic heterocycles. The zero-order valence-electron chi connectivity index (χ0n) is 10.2. The lowest BCUT2D eigenvalue weighted by Crippen LogP contribution is -2.30. The van der Waals surface area contributed by atoms with Crippen molar-refractivity contribution in [3.05, 3.63) is 48.1 Å². The van der Waals surface area contributed by atoms with Gasteiger partial charge in [-0.05, 0) is 25.0 Å². The Bertz CT molecular complexity index is 471. The third-order valence-electron chi connectivity index (χ3n) is 2.78. The van der Waals surface area contributed by atoms with Crippen LogP contribution < -0.4 is 0 Å². The number of hydrogen-bond donors (Lipinski definition) is 0.